The molecule has 7 heteroatoms. The van der Waals surface area contributed by atoms with E-state index < -0.39 is 5.97 Å². The molecule has 0 bridgehead atoms. The molecule has 0 saturated heterocycles. The number of carboxylic acids is 1. The van der Waals surface area contributed by atoms with Crippen LogP contribution in [0.5, 0.6) is 0 Å². The van der Waals surface area contributed by atoms with Gasteiger partial charge in [-0.15, -0.1) is 10.2 Å². The molecule has 0 aliphatic carbocycles. The highest BCUT2D eigenvalue weighted by molar-refractivity contribution is 9.10. The first kappa shape index (κ1) is 13.1. The van der Waals surface area contributed by atoms with Crippen molar-refractivity contribution in [2.24, 2.45) is 0 Å². The summed E-state index contributed by atoms with van der Waals surface area (Å²) in [4.78, 5) is 11.0. The number of nitrogens with zero attached hydrogens (tertiary/aromatic N) is 3. The zero-order valence-electron chi connectivity index (χ0n) is 9.92. The van der Waals surface area contributed by atoms with E-state index in [4.69, 9.17) is 16.7 Å². The van der Waals surface area contributed by atoms with Crippen LogP contribution >= 0.6 is 27.5 Å². The Morgan fingerprint density at radius 2 is 2.05 bits per heavy atom. The third kappa shape index (κ3) is 2.17. The van der Waals surface area contributed by atoms with E-state index in [1.165, 1.54) is 12.3 Å². The Morgan fingerprint density at radius 1 is 1.25 bits per heavy atom. The minimum absolute atomic E-state index is 0.159. The molecule has 0 amide bonds. The molecule has 0 atom stereocenters. The molecule has 100 valence electrons. The van der Waals surface area contributed by atoms with Gasteiger partial charge in [-0.25, -0.2) is 4.79 Å². The Labute approximate surface area is 127 Å². The molecule has 2 aromatic heterocycles. The predicted octanol–water partition coefficient (Wildman–Crippen LogP) is 3.51. The normalized spacial score (nSPS) is 10.9. The molecule has 0 unspecified atom stereocenters. The van der Waals surface area contributed by atoms with Gasteiger partial charge in [-0.1, -0.05) is 27.5 Å². The highest BCUT2D eigenvalue weighted by Gasteiger charge is 2.13. The highest BCUT2D eigenvalue weighted by Crippen LogP contribution is 2.29. The van der Waals surface area contributed by atoms with Gasteiger partial charge in [0, 0.05) is 16.2 Å². The van der Waals surface area contributed by atoms with Gasteiger partial charge < -0.3 is 5.11 Å². The van der Waals surface area contributed by atoms with E-state index >= 15 is 0 Å². The van der Waals surface area contributed by atoms with Gasteiger partial charge >= 0.3 is 5.97 Å². The SMILES string of the molecule is O=C(O)c1ccc2nnc(-c3ccc(Br)cc3Cl)n2c1. The molecular formula is C13H7BrClN3O2. The molecule has 0 aliphatic heterocycles. The molecule has 1 N–H and O–H groups in total. The zero-order chi connectivity index (χ0) is 14.3. The molecule has 20 heavy (non-hydrogen) atoms. The van der Waals surface area contributed by atoms with Crippen molar-refractivity contribution in [3.05, 3.63) is 51.6 Å². The van der Waals surface area contributed by atoms with Gasteiger partial charge in [0.15, 0.2) is 11.5 Å². The van der Waals surface area contributed by atoms with Crippen molar-refractivity contribution >= 4 is 39.1 Å². The van der Waals surface area contributed by atoms with E-state index in [0.29, 0.717) is 22.1 Å². The third-order valence-electron chi connectivity index (χ3n) is 2.82. The van der Waals surface area contributed by atoms with E-state index in [2.05, 4.69) is 26.1 Å². The Hall–Kier alpha value is -1.92. The van der Waals surface area contributed by atoms with Crippen molar-refractivity contribution in [1.29, 1.82) is 0 Å². The molecule has 0 saturated carbocycles. The van der Waals surface area contributed by atoms with Crippen LogP contribution in [0.15, 0.2) is 41.0 Å². The summed E-state index contributed by atoms with van der Waals surface area (Å²) in [5.74, 6) is -0.506. The van der Waals surface area contributed by atoms with Crippen molar-refractivity contribution in [2.45, 2.75) is 0 Å². The lowest BCUT2D eigenvalue weighted by molar-refractivity contribution is 0.0696. The fourth-order valence-corrected chi connectivity index (χ4v) is 2.63. The first-order valence-corrected chi connectivity index (χ1v) is 6.77. The summed E-state index contributed by atoms with van der Waals surface area (Å²) in [5.41, 5.74) is 1.40. The summed E-state index contributed by atoms with van der Waals surface area (Å²) in [5, 5.41) is 17.6. The van der Waals surface area contributed by atoms with Crippen LogP contribution in [-0.2, 0) is 0 Å². The van der Waals surface area contributed by atoms with Gasteiger partial charge in [0.05, 0.1) is 10.6 Å². The number of aromatic carboxylic acids is 1. The van der Waals surface area contributed by atoms with Crippen LogP contribution < -0.4 is 0 Å². The average Bonchev–Trinajstić information content (AvgIpc) is 2.81. The summed E-state index contributed by atoms with van der Waals surface area (Å²) in [6.45, 7) is 0. The summed E-state index contributed by atoms with van der Waals surface area (Å²) in [6, 6.07) is 8.48. The Kier molecular flexibility index (Phi) is 3.19. The maximum Gasteiger partial charge on any atom is 0.337 e. The molecule has 0 radical (unpaired) electrons. The number of carbonyl (C=O) groups is 1. The lowest BCUT2D eigenvalue weighted by atomic mass is 10.2. The Balaban J connectivity index is 2.25. The highest BCUT2D eigenvalue weighted by atomic mass is 79.9. The van der Waals surface area contributed by atoms with Gasteiger partial charge in [-0.3, -0.25) is 4.40 Å². The number of benzene rings is 1. The second-order valence-electron chi connectivity index (χ2n) is 4.10. The summed E-state index contributed by atoms with van der Waals surface area (Å²) in [6.07, 6.45) is 1.48. The number of rotatable bonds is 2. The molecule has 2 heterocycles. The standard InChI is InChI=1S/C13H7BrClN3O2/c14-8-2-3-9(10(15)5-8)12-17-16-11-4-1-7(13(19)20)6-18(11)12/h1-6H,(H,19,20). The van der Waals surface area contributed by atoms with Crippen LogP contribution in [0.3, 0.4) is 0 Å². The molecule has 3 rings (SSSR count). The van der Waals surface area contributed by atoms with Gasteiger partial charge in [-0.2, -0.15) is 0 Å². The quantitative estimate of drug-likeness (QED) is 0.766. The van der Waals surface area contributed by atoms with Crippen molar-refractivity contribution in [3.63, 3.8) is 0 Å². The monoisotopic (exact) mass is 351 g/mol. The molecule has 0 fully saturated rings. The number of hydrogen-bond acceptors (Lipinski definition) is 3. The summed E-state index contributed by atoms with van der Waals surface area (Å²) >= 11 is 9.53. The number of pyridine rings is 1. The number of hydrogen-bond donors (Lipinski definition) is 1. The fourth-order valence-electron chi connectivity index (χ4n) is 1.87. The van der Waals surface area contributed by atoms with Gasteiger partial charge in [-0.05, 0) is 30.3 Å². The second kappa shape index (κ2) is 4.88. The number of fused-ring (bicyclic) bond motifs is 1. The zero-order valence-corrected chi connectivity index (χ0v) is 12.3. The van der Waals surface area contributed by atoms with Gasteiger partial charge in [0.25, 0.3) is 0 Å². The maximum absolute atomic E-state index is 11.0. The molecule has 3 aromatic rings. The summed E-state index contributed by atoms with van der Waals surface area (Å²) < 4.78 is 2.46. The van der Waals surface area contributed by atoms with Crippen LogP contribution in [-0.4, -0.2) is 25.7 Å². The van der Waals surface area contributed by atoms with E-state index in [1.54, 1.807) is 22.6 Å². The number of halogens is 2. The second-order valence-corrected chi connectivity index (χ2v) is 5.42. The van der Waals surface area contributed by atoms with Crippen LogP contribution in [0.2, 0.25) is 5.02 Å². The van der Waals surface area contributed by atoms with E-state index in [9.17, 15) is 4.79 Å². The van der Waals surface area contributed by atoms with Crippen LogP contribution in [0.25, 0.3) is 17.0 Å². The maximum atomic E-state index is 11.0. The smallest absolute Gasteiger partial charge is 0.337 e. The topological polar surface area (TPSA) is 67.5 Å². The van der Waals surface area contributed by atoms with Crippen molar-refractivity contribution < 1.29 is 9.90 Å². The largest absolute Gasteiger partial charge is 0.478 e. The predicted molar refractivity (Wildman–Crippen MR) is 78.1 cm³/mol. The lowest BCUT2D eigenvalue weighted by Gasteiger charge is -2.04. The van der Waals surface area contributed by atoms with Crippen LogP contribution in [0, 0.1) is 0 Å². The lowest BCUT2D eigenvalue weighted by Crippen LogP contribution is -1.99. The Morgan fingerprint density at radius 3 is 2.75 bits per heavy atom. The molecule has 5 nitrogen and oxygen atoms in total. The Bertz CT molecular complexity index is 832. The molecule has 1 aromatic carbocycles. The third-order valence-corrected chi connectivity index (χ3v) is 3.63. The van der Waals surface area contributed by atoms with E-state index in [-0.39, 0.29) is 5.56 Å². The number of carboxylic acid groups (broad SMARTS) is 1. The van der Waals surface area contributed by atoms with Crippen LogP contribution in [0.4, 0.5) is 0 Å². The minimum Gasteiger partial charge on any atom is -0.478 e. The van der Waals surface area contributed by atoms with E-state index in [1.807, 2.05) is 6.07 Å². The molecule has 0 spiro atoms. The van der Waals surface area contributed by atoms with Gasteiger partial charge in [0.2, 0.25) is 0 Å². The minimum atomic E-state index is -1.01. The first-order chi connectivity index (χ1) is 9.56. The van der Waals surface area contributed by atoms with E-state index in [0.717, 1.165) is 4.47 Å². The van der Waals surface area contributed by atoms with Crippen molar-refractivity contribution in [2.75, 3.05) is 0 Å². The fraction of sp³-hybridized carbons (Fsp3) is 0. The van der Waals surface area contributed by atoms with Crippen LogP contribution in [0.1, 0.15) is 10.4 Å². The first-order valence-electron chi connectivity index (χ1n) is 5.60. The average molecular weight is 353 g/mol. The summed E-state index contributed by atoms with van der Waals surface area (Å²) in [7, 11) is 0. The molecular weight excluding hydrogens is 346 g/mol. The van der Waals surface area contributed by atoms with Crippen molar-refractivity contribution in [1.82, 2.24) is 14.6 Å². The van der Waals surface area contributed by atoms with Gasteiger partial charge in [0.1, 0.15) is 0 Å². The number of aromatic nitrogens is 3. The van der Waals surface area contributed by atoms with Crippen molar-refractivity contribution in [3.8, 4) is 11.4 Å². The molecule has 0 aliphatic rings.